The Hall–Kier alpha value is -0.420. The summed E-state index contributed by atoms with van der Waals surface area (Å²) in [5, 5.41) is 0. The van der Waals surface area contributed by atoms with Gasteiger partial charge >= 0.3 is 0 Å². The van der Waals surface area contributed by atoms with Gasteiger partial charge in [0.25, 0.3) is 0 Å². The summed E-state index contributed by atoms with van der Waals surface area (Å²) in [5.74, 6) is 0. The zero-order valence-electron chi connectivity index (χ0n) is 6.77. The summed E-state index contributed by atoms with van der Waals surface area (Å²) in [5.41, 5.74) is 0. The monoisotopic (exact) mass is 172 g/mol. The van der Waals surface area contributed by atoms with E-state index in [1.165, 1.54) is 0 Å². The molecule has 2 aliphatic heterocycles. The van der Waals surface area contributed by atoms with Crippen LogP contribution in [0.25, 0.3) is 0 Å². The Labute approximate surface area is 71.0 Å². The maximum atomic E-state index is 5.19. The van der Waals surface area contributed by atoms with Gasteiger partial charge in [-0.2, -0.15) is 0 Å². The highest BCUT2D eigenvalue weighted by Gasteiger charge is 2.15. The van der Waals surface area contributed by atoms with Crippen molar-refractivity contribution in [1.29, 1.82) is 0 Å². The number of hydrogen-bond acceptors (Lipinski definition) is 4. The fraction of sp³-hybridized carbons (Fsp3) is 0.750. The lowest BCUT2D eigenvalue weighted by atomic mass is 10.5. The van der Waals surface area contributed by atoms with Crippen molar-refractivity contribution in [3.8, 4) is 0 Å². The minimum atomic E-state index is -0.210. The third-order valence-corrected chi connectivity index (χ3v) is 1.72. The molecule has 12 heavy (non-hydrogen) atoms. The average Bonchev–Trinajstić information content (AvgIpc) is 2.74. The quantitative estimate of drug-likeness (QED) is 0.561. The molecule has 2 heterocycles. The largest absolute Gasteiger partial charge is 0.347 e. The smallest absolute Gasteiger partial charge is 0.177 e. The Morgan fingerprint density at radius 2 is 1.00 bits per heavy atom. The van der Waals surface area contributed by atoms with Crippen LogP contribution in [0.1, 0.15) is 0 Å². The van der Waals surface area contributed by atoms with Crippen LogP contribution in [0.3, 0.4) is 0 Å². The summed E-state index contributed by atoms with van der Waals surface area (Å²) in [7, 11) is 0. The molecule has 0 unspecified atom stereocenters. The van der Waals surface area contributed by atoms with Gasteiger partial charge in [0.15, 0.2) is 12.6 Å². The Morgan fingerprint density at radius 1 is 0.667 bits per heavy atom. The Balaban J connectivity index is 1.75. The lowest BCUT2D eigenvalue weighted by Gasteiger charge is -2.04. The molecule has 0 aromatic rings. The van der Waals surface area contributed by atoms with E-state index in [4.69, 9.17) is 18.9 Å². The number of hydrogen-bond donors (Lipinski definition) is 0. The van der Waals surface area contributed by atoms with E-state index in [0.29, 0.717) is 26.4 Å². The average molecular weight is 172 g/mol. The first kappa shape index (κ1) is 8.19. The number of ether oxygens (including phenoxy) is 4. The highest BCUT2D eigenvalue weighted by atomic mass is 16.7. The van der Waals surface area contributed by atoms with Crippen molar-refractivity contribution < 1.29 is 18.9 Å². The van der Waals surface area contributed by atoms with E-state index in [0.717, 1.165) is 0 Å². The van der Waals surface area contributed by atoms with E-state index in [1.807, 2.05) is 12.2 Å². The summed E-state index contributed by atoms with van der Waals surface area (Å²) in [6, 6.07) is 0. The van der Waals surface area contributed by atoms with Crippen LogP contribution < -0.4 is 0 Å². The van der Waals surface area contributed by atoms with Gasteiger partial charge in [-0.3, -0.25) is 0 Å². The van der Waals surface area contributed by atoms with E-state index < -0.39 is 0 Å². The molecule has 4 heteroatoms. The van der Waals surface area contributed by atoms with Gasteiger partial charge in [-0.15, -0.1) is 0 Å². The van der Waals surface area contributed by atoms with Gasteiger partial charge in [-0.25, -0.2) is 0 Å². The molecule has 0 aromatic carbocycles. The lowest BCUT2D eigenvalue weighted by Crippen LogP contribution is -2.07. The molecule has 0 bridgehead atoms. The normalized spacial score (nSPS) is 27.7. The van der Waals surface area contributed by atoms with Gasteiger partial charge in [0, 0.05) is 0 Å². The van der Waals surface area contributed by atoms with Gasteiger partial charge in [-0.05, 0) is 12.2 Å². The fourth-order valence-electron chi connectivity index (χ4n) is 1.16. The van der Waals surface area contributed by atoms with E-state index in [2.05, 4.69) is 0 Å². The molecule has 0 amide bonds. The summed E-state index contributed by atoms with van der Waals surface area (Å²) in [6.07, 6.45) is 3.22. The standard InChI is InChI=1S/C8H12O4/c1(7-9-3-4-10-7)2-8-11-5-6-12-8/h1-2,7-8H,3-6H2/b2-1-. The van der Waals surface area contributed by atoms with Crippen molar-refractivity contribution >= 4 is 0 Å². The third-order valence-electron chi connectivity index (χ3n) is 1.72. The van der Waals surface area contributed by atoms with Crippen LogP contribution in [0, 0.1) is 0 Å². The molecule has 0 aliphatic carbocycles. The lowest BCUT2D eigenvalue weighted by molar-refractivity contribution is -0.0155. The molecule has 2 aliphatic rings. The molecule has 68 valence electrons. The van der Waals surface area contributed by atoms with Crippen LogP contribution in [-0.4, -0.2) is 39.0 Å². The zero-order chi connectivity index (χ0) is 8.23. The molecular formula is C8H12O4. The molecule has 0 N–H and O–H groups in total. The van der Waals surface area contributed by atoms with Crippen molar-refractivity contribution in [2.24, 2.45) is 0 Å². The molecule has 0 atom stereocenters. The molecule has 2 rings (SSSR count). The molecular weight excluding hydrogens is 160 g/mol. The van der Waals surface area contributed by atoms with Crippen LogP contribution >= 0.6 is 0 Å². The van der Waals surface area contributed by atoms with Crippen LogP contribution in [0.2, 0.25) is 0 Å². The molecule has 0 saturated carbocycles. The Kier molecular flexibility index (Phi) is 2.73. The first-order chi connectivity index (χ1) is 5.95. The highest BCUT2D eigenvalue weighted by Crippen LogP contribution is 2.09. The summed E-state index contributed by atoms with van der Waals surface area (Å²) in [4.78, 5) is 0. The minimum Gasteiger partial charge on any atom is -0.347 e. The molecule has 4 nitrogen and oxygen atoms in total. The predicted octanol–water partition coefficient (Wildman–Crippen LogP) is 0.288. The molecule has 2 fully saturated rings. The fourth-order valence-corrected chi connectivity index (χ4v) is 1.16. The Bertz CT molecular complexity index is 138. The van der Waals surface area contributed by atoms with Gasteiger partial charge in [-0.1, -0.05) is 0 Å². The van der Waals surface area contributed by atoms with Gasteiger partial charge < -0.3 is 18.9 Å². The predicted molar refractivity (Wildman–Crippen MR) is 40.5 cm³/mol. The second-order valence-corrected chi connectivity index (χ2v) is 2.60. The molecule has 2 saturated heterocycles. The summed E-state index contributed by atoms with van der Waals surface area (Å²) >= 11 is 0. The van der Waals surface area contributed by atoms with Crippen LogP contribution in [-0.2, 0) is 18.9 Å². The van der Waals surface area contributed by atoms with Crippen molar-refractivity contribution in [3.05, 3.63) is 12.2 Å². The molecule has 0 spiro atoms. The SMILES string of the molecule is C(=C/C1OCCO1)/C1OCCO1. The van der Waals surface area contributed by atoms with Crippen molar-refractivity contribution in [1.82, 2.24) is 0 Å². The first-order valence-electron chi connectivity index (χ1n) is 4.10. The zero-order valence-corrected chi connectivity index (χ0v) is 6.77. The van der Waals surface area contributed by atoms with E-state index >= 15 is 0 Å². The van der Waals surface area contributed by atoms with Crippen molar-refractivity contribution in [2.75, 3.05) is 26.4 Å². The number of rotatable bonds is 2. The summed E-state index contributed by atoms with van der Waals surface area (Å²) in [6.45, 7) is 2.67. The maximum Gasteiger partial charge on any atom is 0.177 e. The van der Waals surface area contributed by atoms with E-state index in [1.54, 1.807) is 0 Å². The highest BCUT2D eigenvalue weighted by molar-refractivity contribution is 4.90. The van der Waals surface area contributed by atoms with Crippen molar-refractivity contribution in [3.63, 3.8) is 0 Å². The second kappa shape index (κ2) is 4.00. The van der Waals surface area contributed by atoms with Gasteiger partial charge in [0.05, 0.1) is 26.4 Å². The maximum absolute atomic E-state index is 5.19. The second-order valence-electron chi connectivity index (χ2n) is 2.60. The van der Waals surface area contributed by atoms with Gasteiger partial charge in [0.2, 0.25) is 0 Å². The van der Waals surface area contributed by atoms with Crippen LogP contribution in [0.4, 0.5) is 0 Å². The van der Waals surface area contributed by atoms with E-state index in [9.17, 15) is 0 Å². The summed E-state index contributed by atoms with van der Waals surface area (Å²) < 4.78 is 20.8. The van der Waals surface area contributed by atoms with Crippen LogP contribution in [0.5, 0.6) is 0 Å². The van der Waals surface area contributed by atoms with Crippen molar-refractivity contribution in [2.45, 2.75) is 12.6 Å². The first-order valence-corrected chi connectivity index (χ1v) is 4.10. The topological polar surface area (TPSA) is 36.9 Å². The van der Waals surface area contributed by atoms with E-state index in [-0.39, 0.29) is 12.6 Å². The Morgan fingerprint density at radius 3 is 1.33 bits per heavy atom. The molecule has 0 aromatic heterocycles. The van der Waals surface area contributed by atoms with Crippen LogP contribution in [0.15, 0.2) is 12.2 Å². The minimum absolute atomic E-state index is 0.210. The van der Waals surface area contributed by atoms with Gasteiger partial charge in [0.1, 0.15) is 0 Å². The third kappa shape index (κ3) is 2.04. The molecule has 0 radical (unpaired) electrons.